The zero-order valence-electron chi connectivity index (χ0n) is 13.2. The Balaban J connectivity index is 2.19. The van der Waals surface area contributed by atoms with Crippen molar-refractivity contribution < 1.29 is 0 Å². The van der Waals surface area contributed by atoms with E-state index in [4.69, 9.17) is 5.10 Å². The fourth-order valence-electron chi connectivity index (χ4n) is 3.46. The quantitative estimate of drug-likeness (QED) is 0.898. The minimum absolute atomic E-state index is 0.348. The molecule has 0 saturated heterocycles. The summed E-state index contributed by atoms with van der Waals surface area (Å²) >= 11 is 0. The van der Waals surface area contributed by atoms with Crippen LogP contribution in [0.1, 0.15) is 62.5 Å². The molecule has 4 nitrogen and oxygen atoms in total. The van der Waals surface area contributed by atoms with Crippen LogP contribution >= 0.6 is 0 Å². The molecule has 0 spiro atoms. The Bertz CT molecular complexity index is 511. The number of rotatable bonds is 5. The third-order valence-corrected chi connectivity index (χ3v) is 4.59. The zero-order valence-corrected chi connectivity index (χ0v) is 13.2. The summed E-state index contributed by atoms with van der Waals surface area (Å²) in [5.74, 6) is 0. The van der Waals surface area contributed by atoms with Gasteiger partial charge in [0, 0.05) is 12.1 Å². The number of hydrogen-bond acceptors (Lipinski definition) is 3. The molecule has 1 heterocycles. The summed E-state index contributed by atoms with van der Waals surface area (Å²) in [6.45, 7) is 9.48. The Hall–Kier alpha value is -1.34. The normalized spacial score (nSPS) is 25.9. The van der Waals surface area contributed by atoms with Crippen LogP contribution in [0.4, 0.5) is 0 Å². The van der Waals surface area contributed by atoms with E-state index in [0.717, 1.165) is 44.3 Å². The predicted octanol–water partition coefficient (Wildman–Crippen LogP) is 3.05. The fourth-order valence-corrected chi connectivity index (χ4v) is 3.46. The van der Waals surface area contributed by atoms with E-state index in [-0.39, 0.29) is 5.54 Å². The highest BCUT2D eigenvalue weighted by atomic mass is 15.3. The molecule has 4 heteroatoms. The molecule has 2 unspecified atom stereocenters. The molecule has 0 amide bonds. The number of nitrogens with one attached hydrogen (secondary N) is 1. The molecule has 1 aromatic heterocycles. The van der Waals surface area contributed by atoms with Gasteiger partial charge in [0.1, 0.15) is 5.54 Å². The highest BCUT2D eigenvalue weighted by Gasteiger charge is 2.40. The Morgan fingerprint density at radius 1 is 1.45 bits per heavy atom. The van der Waals surface area contributed by atoms with Gasteiger partial charge in [-0.05, 0) is 51.6 Å². The van der Waals surface area contributed by atoms with E-state index in [1.807, 2.05) is 0 Å². The van der Waals surface area contributed by atoms with Gasteiger partial charge >= 0.3 is 0 Å². The summed E-state index contributed by atoms with van der Waals surface area (Å²) in [4.78, 5) is 0. The monoisotopic (exact) mass is 274 g/mol. The second-order valence-corrected chi connectivity index (χ2v) is 5.96. The van der Waals surface area contributed by atoms with Gasteiger partial charge in [0.15, 0.2) is 0 Å². The van der Waals surface area contributed by atoms with Gasteiger partial charge in [-0.2, -0.15) is 10.4 Å². The van der Waals surface area contributed by atoms with E-state index in [0.29, 0.717) is 6.04 Å². The lowest BCUT2D eigenvalue weighted by molar-refractivity contribution is 0.384. The summed E-state index contributed by atoms with van der Waals surface area (Å²) in [5.41, 5.74) is 3.43. The standard InChI is InChI=1S/C16H26N4/c1-5-9-18-16(11-17)8-7-14(10-16)20-13(4)15(6-2)12(3)19-20/h14,18H,5-10H2,1-4H3. The molecule has 0 aromatic carbocycles. The molecule has 1 saturated carbocycles. The average molecular weight is 274 g/mol. The number of nitrogens with zero attached hydrogens (tertiary/aromatic N) is 3. The van der Waals surface area contributed by atoms with Crippen LogP contribution in [0.2, 0.25) is 0 Å². The van der Waals surface area contributed by atoms with E-state index in [1.165, 1.54) is 11.3 Å². The van der Waals surface area contributed by atoms with E-state index < -0.39 is 0 Å². The van der Waals surface area contributed by atoms with Crippen molar-refractivity contribution in [2.45, 2.75) is 71.4 Å². The van der Waals surface area contributed by atoms with Gasteiger partial charge in [0.25, 0.3) is 0 Å². The molecule has 110 valence electrons. The van der Waals surface area contributed by atoms with Crippen molar-refractivity contribution in [2.24, 2.45) is 0 Å². The topological polar surface area (TPSA) is 53.6 Å². The van der Waals surface area contributed by atoms with Gasteiger partial charge in [0.05, 0.1) is 17.8 Å². The Morgan fingerprint density at radius 3 is 2.75 bits per heavy atom. The number of hydrogen-bond donors (Lipinski definition) is 1. The molecule has 0 radical (unpaired) electrons. The molecule has 1 aliphatic carbocycles. The van der Waals surface area contributed by atoms with Gasteiger partial charge in [-0.1, -0.05) is 13.8 Å². The van der Waals surface area contributed by atoms with Gasteiger partial charge in [-0.25, -0.2) is 0 Å². The first-order valence-corrected chi connectivity index (χ1v) is 7.77. The maximum Gasteiger partial charge on any atom is 0.108 e. The van der Waals surface area contributed by atoms with Crippen LogP contribution in [0.25, 0.3) is 0 Å². The fraction of sp³-hybridized carbons (Fsp3) is 0.750. The molecule has 2 rings (SSSR count). The maximum atomic E-state index is 9.54. The third kappa shape index (κ3) is 2.60. The average Bonchev–Trinajstić information content (AvgIpc) is 2.99. The van der Waals surface area contributed by atoms with Crippen molar-refractivity contribution >= 4 is 0 Å². The number of aryl methyl sites for hydroxylation is 1. The lowest BCUT2D eigenvalue weighted by Gasteiger charge is -2.23. The van der Waals surface area contributed by atoms with Crippen molar-refractivity contribution in [1.29, 1.82) is 5.26 Å². The van der Waals surface area contributed by atoms with E-state index in [2.05, 4.69) is 43.8 Å². The van der Waals surface area contributed by atoms with Crippen LogP contribution in [0, 0.1) is 25.2 Å². The smallest absolute Gasteiger partial charge is 0.108 e. The Labute approximate surface area is 122 Å². The summed E-state index contributed by atoms with van der Waals surface area (Å²) in [6, 6.07) is 2.87. The minimum atomic E-state index is -0.348. The molecule has 20 heavy (non-hydrogen) atoms. The van der Waals surface area contributed by atoms with Crippen LogP contribution in [-0.4, -0.2) is 21.9 Å². The number of aromatic nitrogens is 2. The van der Waals surface area contributed by atoms with Gasteiger partial charge < -0.3 is 0 Å². The van der Waals surface area contributed by atoms with E-state index >= 15 is 0 Å². The first-order valence-electron chi connectivity index (χ1n) is 7.77. The first kappa shape index (κ1) is 15.1. The minimum Gasteiger partial charge on any atom is -0.299 e. The van der Waals surface area contributed by atoms with Crippen LogP contribution in [0.15, 0.2) is 0 Å². The van der Waals surface area contributed by atoms with Crippen molar-refractivity contribution in [3.05, 3.63) is 17.0 Å². The summed E-state index contributed by atoms with van der Waals surface area (Å²) < 4.78 is 2.17. The predicted molar refractivity (Wildman–Crippen MR) is 80.6 cm³/mol. The molecule has 2 atom stereocenters. The zero-order chi connectivity index (χ0) is 14.8. The number of nitriles is 1. The van der Waals surface area contributed by atoms with Crippen LogP contribution in [0.5, 0.6) is 0 Å². The summed E-state index contributed by atoms with van der Waals surface area (Å²) in [7, 11) is 0. The Kier molecular flexibility index (Phi) is 4.49. The molecule has 1 fully saturated rings. The summed E-state index contributed by atoms with van der Waals surface area (Å²) in [5, 5.41) is 17.7. The lowest BCUT2D eigenvalue weighted by atomic mass is 9.99. The lowest BCUT2D eigenvalue weighted by Crippen LogP contribution is -2.42. The van der Waals surface area contributed by atoms with E-state index in [9.17, 15) is 5.26 Å². The second kappa shape index (κ2) is 5.97. The van der Waals surface area contributed by atoms with Gasteiger partial charge in [-0.3, -0.25) is 10.00 Å². The van der Waals surface area contributed by atoms with Crippen molar-refractivity contribution in [3.63, 3.8) is 0 Å². The molecule has 1 aromatic rings. The molecular weight excluding hydrogens is 248 g/mol. The van der Waals surface area contributed by atoms with Crippen LogP contribution in [0.3, 0.4) is 0 Å². The van der Waals surface area contributed by atoms with Crippen LogP contribution < -0.4 is 5.32 Å². The molecule has 1 N–H and O–H groups in total. The SMILES string of the molecule is CCCNC1(C#N)CCC(n2nc(C)c(CC)c2C)C1. The summed E-state index contributed by atoms with van der Waals surface area (Å²) in [6.07, 6.45) is 4.92. The van der Waals surface area contributed by atoms with Crippen molar-refractivity contribution in [2.75, 3.05) is 6.54 Å². The van der Waals surface area contributed by atoms with E-state index in [1.54, 1.807) is 0 Å². The van der Waals surface area contributed by atoms with Crippen LogP contribution in [-0.2, 0) is 6.42 Å². The largest absolute Gasteiger partial charge is 0.299 e. The second-order valence-electron chi connectivity index (χ2n) is 5.96. The molecular formula is C16H26N4. The van der Waals surface area contributed by atoms with Crippen molar-refractivity contribution in [1.82, 2.24) is 15.1 Å². The molecule has 1 aliphatic rings. The molecule has 0 aliphatic heterocycles. The van der Waals surface area contributed by atoms with Gasteiger partial charge in [-0.15, -0.1) is 0 Å². The molecule has 0 bridgehead atoms. The highest BCUT2D eigenvalue weighted by molar-refractivity contribution is 5.25. The first-order chi connectivity index (χ1) is 9.56. The van der Waals surface area contributed by atoms with Gasteiger partial charge in [0.2, 0.25) is 0 Å². The Morgan fingerprint density at radius 2 is 2.20 bits per heavy atom. The highest BCUT2D eigenvalue weighted by Crippen LogP contribution is 2.38. The third-order valence-electron chi connectivity index (χ3n) is 4.59. The maximum absolute atomic E-state index is 9.54. The van der Waals surface area contributed by atoms with Crippen molar-refractivity contribution in [3.8, 4) is 6.07 Å².